The summed E-state index contributed by atoms with van der Waals surface area (Å²) in [5, 5.41) is 0. The Morgan fingerprint density at radius 1 is 1.25 bits per heavy atom. The highest BCUT2D eigenvalue weighted by molar-refractivity contribution is 5.77. The standard InChI is InChI=1S/C16H31N3O/c1-18-10-6-14(7-11-18)13-19(2)15(20)12-16(17)8-4-3-5-9-16/h14H,3-13,17H2,1-2H3. The van der Waals surface area contributed by atoms with Crippen LogP contribution >= 0.6 is 0 Å². The van der Waals surface area contributed by atoms with E-state index in [1.807, 2.05) is 11.9 Å². The summed E-state index contributed by atoms with van der Waals surface area (Å²) in [7, 11) is 4.12. The van der Waals surface area contributed by atoms with Crippen LogP contribution in [0.15, 0.2) is 0 Å². The van der Waals surface area contributed by atoms with Gasteiger partial charge in [-0.2, -0.15) is 0 Å². The first-order valence-corrected chi connectivity index (χ1v) is 8.20. The van der Waals surface area contributed by atoms with Gasteiger partial charge in [-0.25, -0.2) is 0 Å². The molecule has 4 nitrogen and oxygen atoms in total. The van der Waals surface area contributed by atoms with Gasteiger partial charge in [-0.1, -0.05) is 19.3 Å². The van der Waals surface area contributed by atoms with Gasteiger partial charge < -0.3 is 15.5 Å². The maximum Gasteiger partial charge on any atom is 0.224 e. The van der Waals surface area contributed by atoms with Crippen molar-refractivity contribution in [3.8, 4) is 0 Å². The van der Waals surface area contributed by atoms with Crippen molar-refractivity contribution in [1.29, 1.82) is 0 Å². The molecule has 2 N–H and O–H groups in total. The number of nitrogens with zero attached hydrogens (tertiary/aromatic N) is 2. The van der Waals surface area contributed by atoms with Gasteiger partial charge in [0.15, 0.2) is 0 Å². The van der Waals surface area contributed by atoms with Gasteiger partial charge in [-0.3, -0.25) is 4.79 Å². The lowest BCUT2D eigenvalue weighted by Gasteiger charge is -2.36. The molecule has 116 valence electrons. The largest absolute Gasteiger partial charge is 0.345 e. The van der Waals surface area contributed by atoms with Crippen molar-refractivity contribution in [3.63, 3.8) is 0 Å². The van der Waals surface area contributed by atoms with Gasteiger partial charge in [0.2, 0.25) is 5.91 Å². The summed E-state index contributed by atoms with van der Waals surface area (Å²) in [6.07, 6.45) is 8.63. The Kier molecular flexibility index (Phi) is 5.44. The minimum Gasteiger partial charge on any atom is -0.345 e. The van der Waals surface area contributed by atoms with Gasteiger partial charge in [-0.05, 0) is 51.7 Å². The average molecular weight is 281 g/mol. The summed E-state index contributed by atoms with van der Waals surface area (Å²) in [6, 6.07) is 0. The number of hydrogen-bond donors (Lipinski definition) is 1. The molecule has 1 saturated heterocycles. The van der Waals surface area contributed by atoms with E-state index in [9.17, 15) is 4.79 Å². The number of carbonyl (C=O) groups is 1. The van der Waals surface area contributed by atoms with Crippen molar-refractivity contribution in [2.75, 3.05) is 33.7 Å². The maximum atomic E-state index is 12.4. The summed E-state index contributed by atoms with van der Waals surface area (Å²) in [5.41, 5.74) is 6.17. The van der Waals surface area contributed by atoms with Crippen LogP contribution in [0.4, 0.5) is 0 Å². The van der Waals surface area contributed by atoms with E-state index < -0.39 is 0 Å². The monoisotopic (exact) mass is 281 g/mol. The molecule has 0 spiro atoms. The fourth-order valence-corrected chi connectivity index (χ4v) is 3.60. The Morgan fingerprint density at radius 2 is 1.85 bits per heavy atom. The number of piperidine rings is 1. The topological polar surface area (TPSA) is 49.6 Å². The molecule has 0 unspecified atom stereocenters. The van der Waals surface area contributed by atoms with E-state index in [0.29, 0.717) is 12.3 Å². The number of amides is 1. The second-order valence-corrected chi connectivity index (χ2v) is 7.12. The van der Waals surface area contributed by atoms with Crippen molar-refractivity contribution in [1.82, 2.24) is 9.80 Å². The van der Waals surface area contributed by atoms with Crippen molar-refractivity contribution < 1.29 is 4.79 Å². The molecule has 1 saturated carbocycles. The van der Waals surface area contributed by atoms with E-state index in [0.717, 1.165) is 32.5 Å². The second-order valence-electron chi connectivity index (χ2n) is 7.12. The highest BCUT2D eigenvalue weighted by atomic mass is 16.2. The molecular weight excluding hydrogens is 250 g/mol. The quantitative estimate of drug-likeness (QED) is 0.855. The lowest BCUT2D eigenvalue weighted by Crippen LogP contribution is -2.47. The molecule has 1 aliphatic heterocycles. The van der Waals surface area contributed by atoms with Crippen LogP contribution in [0.25, 0.3) is 0 Å². The summed E-state index contributed by atoms with van der Waals surface area (Å²) < 4.78 is 0. The molecule has 1 aliphatic carbocycles. The van der Waals surface area contributed by atoms with Gasteiger partial charge >= 0.3 is 0 Å². The lowest BCUT2D eigenvalue weighted by molar-refractivity contribution is -0.132. The number of hydrogen-bond acceptors (Lipinski definition) is 3. The van der Waals surface area contributed by atoms with Crippen molar-refractivity contribution >= 4 is 5.91 Å². The van der Waals surface area contributed by atoms with Crippen LogP contribution in [0.3, 0.4) is 0 Å². The third-order valence-electron chi connectivity index (χ3n) is 5.15. The van der Waals surface area contributed by atoms with E-state index in [2.05, 4.69) is 11.9 Å². The Balaban J connectivity index is 1.76. The normalized spacial score (nSPS) is 24.6. The zero-order valence-electron chi connectivity index (χ0n) is 13.2. The molecule has 1 amide bonds. The summed E-state index contributed by atoms with van der Waals surface area (Å²) >= 11 is 0. The molecule has 20 heavy (non-hydrogen) atoms. The molecule has 0 radical (unpaired) electrons. The molecule has 1 heterocycles. The van der Waals surface area contributed by atoms with Crippen LogP contribution in [0, 0.1) is 5.92 Å². The summed E-state index contributed by atoms with van der Waals surface area (Å²) in [5.74, 6) is 0.911. The predicted molar refractivity (Wildman–Crippen MR) is 82.5 cm³/mol. The highest BCUT2D eigenvalue weighted by Crippen LogP contribution is 2.29. The molecule has 2 fully saturated rings. The molecular formula is C16H31N3O. The van der Waals surface area contributed by atoms with Crippen molar-refractivity contribution in [3.05, 3.63) is 0 Å². The van der Waals surface area contributed by atoms with E-state index in [-0.39, 0.29) is 11.4 Å². The molecule has 0 bridgehead atoms. The molecule has 0 aromatic rings. The summed E-state index contributed by atoms with van der Waals surface area (Å²) in [6.45, 7) is 3.23. The van der Waals surface area contributed by atoms with Crippen LogP contribution in [0.5, 0.6) is 0 Å². The average Bonchev–Trinajstić information content (AvgIpc) is 2.41. The highest BCUT2D eigenvalue weighted by Gasteiger charge is 2.31. The minimum atomic E-state index is -0.226. The van der Waals surface area contributed by atoms with Crippen molar-refractivity contribution in [2.45, 2.75) is 56.9 Å². The first-order valence-electron chi connectivity index (χ1n) is 8.20. The second kappa shape index (κ2) is 6.90. The Bertz CT molecular complexity index is 318. The van der Waals surface area contributed by atoms with E-state index >= 15 is 0 Å². The predicted octanol–water partition coefficient (Wildman–Crippen LogP) is 1.84. The van der Waals surface area contributed by atoms with Gasteiger partial charge in [0.25, 0.3) is 0 Å². The van der Waals surface area contributed by atoms with E-state index in [1.54, 1.807) is 0 Å². The Labute approximate surface area is 123 Å². The lowest BCUT2D eigenvalue weighted by atomic mass is 9.80. The first kappa shape index (κ1) is 15.8. The molecule has 0 aromatic heterocycles. The zero-order valence-corrected chi connectivity index (χ0v) is 13.2. The van der Waals surface area contributed by atoms with Gasteiger partial charge in [-0.15, -0.1) is 0 Å². The third kappa shape index (κ3) is 4.45. The van der Waals surface area contributed by atoms with Gasteiger partial charge in [0, 0.05) is 25.6 Å². The molecule has 2 aliphatic rings. The smallest absolute Gasteiger partial charge is 0.224 e. The number of likely N-dealkylation sites (tertiary alicyclic amines) is 1. The summed E-state index contributed by atoms with van der Waals surface area (Å²) in [4.78, 5) is 16.7. The van der Waals surface area contributed by atoms with Crippen LogP contribution in [0.2, 0.25) is 0 Å². The molecule has 4 heteroatoms. The zero-order chi connectivity index (χ0) is 14.6. The van der Waals surface area contributed by atoms with E-state index in [1.165, 1.54) is 32.1 Å². The number of rotatable bonds is 4. The van der Waals surface area contributed by atoms with Gasteiger partial charge in [0.1, 0.15) is 0 Å². The fraction of sp³-hybridized carbons (Fsp3) is 0.938. The third-order valence-corrected chi connectivity index (χ3v) is 5.15. The van der Waals surface area contributed by atoms with Crippen LogP contribution in [0.1, 0.15) is 51.4 Å². The van der Waals surface area contributed by atoms with E-state index in [4.69, 9.17) is 5.73 Å². The van der Waals surface area contributed by atoms with Crippen molar-refractivity contribution in [2.24, 2.45) is 11.7 Å². The molecule has 2 rings (SSSR count). The van der Waals surface area contributed by atoms with Crippen LogP contribution in [-0.2, 0) is 4.79 Å². The van der Waals surface area contributed by atoms with Crippen LogP contribution in [-0.4, -0.2) is 55.0 Å². The SMILES string of the molecule is CN1CCC(CN(C)C(=O)CC2(N)CCCCC2)CC1. The number of carbonyl (C=O) groups excluding carboxylic acids is 1. The first-order chi connectivity index (χ1) is 9.48. The van der Waals surface area contributed by atoms with Gasteiger partial charge in [0.05, 0.1) is 0 Å². The molecule has 0 aromatic carbocycles. The van der Waals surface area contributed by atoms with Crippen LogP contribution < -0.4 is 5.73 Å². The Morgan fingerprint density at radius 3 is 2.45 bits per heavy atom. The number of nitrogens with two attached hydrogens (primary N) is 1. The Hall–Kier alpha value is -0.610. The molecule has 0 atom stereocenters. The minimum absolute atomic E-state index is 0.226. The fourth-order valence-electron chi connectivity index (χ4n) is 3.60. The maximum absolute atomic E-state index is 12.4.